The molecule has 2 aromatic rings. The Hall–Kier alpha value is -2.34. The van der Waals surface area contributed by atoms with Gasteiger partial charge in [0.05, 0.1) is 19.3 Å². The molecule has 0 saturated heterocycles. The van der Waals surface area contributed by atoms with Gasteiger partial charge in [0, 0.05) is 10.4 Å². The number of fused-ring (bicyclic) bond motifs is 1. The number of methoxy groups -OCH3 is 1. The van der Waals surface area contributed by atoms with Gasteiger partial charge in [0.25, 0.3) is 5.91 Å². The minimum absolute atomic E-state index is 0.241. The van der Waals surface area contributed by atoms with Crippen molar-refractivity contribution in [3.63, 3.8) is 0 Å². The van der Waals surface area contributed by atoms with Crippen LogP contribution < -0.4 is 10.1 Å². The lowest BCUT2D eigenvalue weighted by Gasteiger charge is -2.09. The van der Waals surface area contributed by atoms with Crippen molar-refractivity contribution in [2.24, 2.45) is 0 Å². The number of thiophene rings is 1. The molecule has 3 rings (SSSR count). The van der Waals surface area contributed by atoms with E-state index in [9.17, 15) is 9.59 Å². The Kier molecular flexibility index (Phi) is 5.93. The first kappa shape index (κ1) is 18.5. The fraction of sp³-hybridized carbons (Fsp3) is 0.400. The predicted octanol–water partition coefficient (Wildman–Crippen LogP) is 4.45. The van der Waals surface area contributed by atoms with Crippen LogP contribution in [0.3, 0.4) is 0 Å². The van der Waals surface area contributed by atoms with E-state index < -0.39 is 0 Å². The smallest absolute Gasteiger partial charge is 0.341 e. The number of nitrogens with one attached hydrogen (secondary N) is 1. The molecule has 0 bridgehead atoms. The van der Waals surface area contributed by atoms with E-state index in [1.807, 2.05) is 0 Å². The molecule has 26 heavy (non-hydrogen) atoms. The summed E-state index contributed by atoms with van der Waals surface area (Å²) in [5, 5.41) is 3.51. The minimum Gasteiger partial charge on any atom is -0.497 e. The normalized spacial score (nSPS) is 13.5. The average Bonchev–Trinajstić information content (AvgIpc) is 2.82. The molecule has 1 aromatic heterocycles. The number of carbonyl (C=O) groups excluding carboxylic acids is 2. The number of hydrogen-bond acceptors (Lipinski definition) is 5. The highest BCUT2D eigenvalue weighted by molar-refractivity contribution is 7.17. The molecule has 138 valence electrons. The van der Waals surface area contributed by atoms with Crippen molar-refractivity contribution in [3.05, 3.63) is 45.8 Å². The van der Waals surface area contributed by atoms with Crippen LogP contribution in [0.4, 0.5) is 5.00 Å². The molecule has 0 atom stereocenters. The highest BCUT2D eigenvalue weighted by Gasteiger charge is 2.26. The van der Waals surface area contributed by atoms with Gasteiger partial charge in [-0.05, 0) is 62.4 Å². The summed E-state index contributed by atoms with van der Waals surface area (Å²) in [4.78, 5) is 26.3. The first-order valence-corrected chi connectivity index (χ1v) is 9.72. The van der Waals surface area contributed by atoms with Crippen LogP contribution in [0.15, 0.2) is 24.3 Å². The summed E-state index contributed by atoms with van der Waals surface area (Å²) >= 11 is 1.50. The van der Waals surface area contributed by atoms with Crippen molar-refractivity contribution in [1.29, 1.82) is 0 Å². The highest BCUT2D eigenvalue weighted by atomic mass is 32.1. The zero-order chi connectivity index (χ0) is 18.5. The average molecular weight is 373 g/mol. The van der Waals surface area contributed by atoms with E-state index in [0.717, 1.165) is 37.7 Å². The summed E-state index contributed by atoms with van der Waals surface area (Å²) in [6, 6.07) is 6.89. The van der Waals surface area contributed by atoms with E-state index in [1.165, 1.54) is 16.2 Å². The maximum absolute atomic E-state index is 12.6. The lowest BCUT2D eigenvalue weighted by atomic mass is 10.1. The van der Waals surface area contributed by atoms with Gasteiger partial charge in [-0.15, -0.1) is 11.3 Å². The Balaban J connectivity index is 1.90. The Morgan fingerprint density at radius 3 is 2.54 bits per heavy atom. The Morgan fingerprint density at radius 1 is 1.12 bits per heavy atom. The molecule has 1 N–H and O–H groups in total. The van der Waals surface area contributed by atoms with Crippen LogP contribution in [0.5, 0.6) is 5.75 Å². The third-order valence-electron chi connectivity index (χ3n) is 4.48. The number of hydrogen-bond donors (Lipinski definition) is 1. The number of esters is 1. The first-order valence-electron chi connectivity index (χ1n) is 8.91. The topological polar surface area (TPSA) is 64.6 Å². The third kappa shape index (κ3) is 3.90. The van der Waals surface area contributed by atoms with Crippen LogP contribution in [0.25, 0.3) is 0 Å². The summed E-state index contributed by atoms with van der Waals surface area (Å²) in [5.41, 5.74) is 2.11. The largest absolute Gasteiger partial charge is 0.497 e. The number of amides is 1. The van der Waals surface area contributed by atoms with E-state index >= 15 is 0 Å². The molecule has 0 radical (unpaired) electrons. The Morgan fingerprint density at radius 2 is 1.85 bits per heavy atom. The standard InChI is InChI=1S/C20H23NO4S/c1-3-25-20(23)17-15-7-5-4-6-8-16(15)26-19(17)21-18(22)13-9-11-14(24-2)12-10-13/h9-12H,3-8H2,1-2H3,(H,21,22). The lowest BCUT2D eigenvalue weighted by molar-refractivity contribution is 0.0527. The molecule has 0 spiro atoms. The second kappa shape index (κ2) is 8.36. The van der Waals surface area contributed by atoms with Crippen molar-refractivity contribution < 1.29 is 19.1 Å². The predicted molar refractivity (Wildman–Crippen MR) is 102 cm³/mol. The van der Waals surface area contributed by atoms with Crippen molar-refractivity contribution in [1.82, 2.24) is 0 Å². The Labute approximate surface area is 157 Å². The zero-order valence-corrected chi connectivity index (χ0v) is 15.9. The van der Waals surface area contributed by atoms with Gasteiger partial charge in [0.1, 0.15) is 10.8 Å². The molecule has 5 nitrogen and oxygen atoms in total. The van der Waals surface area contributed by atoms with E-state index in [4.69, 9.17) is 9.47 Å². The van der Waals surface area contributed by atoms with Crippen molar-refractivity contribution >= 4 is 28.2 Å². The number of benzene rings is 1. The lowest BCUT2D eigenvalue weighted by Crippen LogP contribution is -2.15. The quantitative estimate of drug-likeness (QED) is 0.621. The molecule has 0 aliphatic heterocycles. The second-order valence-electron chi connectivity index (χ2n) is 6.17. The van der Waals surface area contributed by atoms with Gasteiger partial charge in [0.2, 0.25) is 0 Å². The summed E-state index contributed by atoms with van der Waals surface area (Å²) in [5.74, 6) is 0.100. The van der Waals surface area contributed by atoms with Gasteiger partial charge in [-0.3, -0.25) is 4.79 Å². The summed E-state index contributed by atoms with van der Waals surface area (Å²) in [6.07, 6.45) is 5.14. The molecular formula is C20H23NO4S. The fourth-order valence-corrected chi connectivity index (χ4v) is 4.44. The monoisotopic (exact) mass is 373 g/mol. The van der Waals surface area contributed by atoms with Crippen molar-refractivity contribution in [3.8, 4) is 5.75 Å². The second-order valence-corrected chi connectivity index (χ2v) is 7.28. The van der Waals surface area contributed by atoms with E-state index in [1.54, 1.807) is 38.3 Å². The zero-order valence-electron chi connectivity index (χ0n) is 15.1. The molecule has 0 saturated carbocycles. The highest BCUT2D eigenvalue weighted by Crippen LogP contribution is 2.38. The molecular weight excluding hydrogens is 350 g/mol. The van der Waals surface area contributed by atoms with Crippen molar-refractivity contribution in [2.45, 2.75) is 39.0 Å². The van der Waals surface area contributed by atoms with E-state index in [0.29, 0.717) is 28.5 Å². The van der Waals surface area contributed by atoms with Crippen LogP contribution in [0, 0.1) is 0 Å². The molecule has 6 heteroatoms. The minimum atomic E-state index is -0.350. The SMILES string of the molecule is CCOC(=O)c1c(NC(=O)c2ccc(OC)cc2)sc2c1CCCCC2. The first-order chi connectivity index (χ1) is 12.6. The fourth-order valence-electron chi connectivity index (χ4n) is 3.17. The van der Waals surface area contributed by atoms with Crippen molar-refractivity contribution in [2.75, 3.05) is 19.0 Å². The maximum Gasteiger partial charge on any atom is 0.341 e. The molecule has 0 unspecified atom stereocenters. The van der Waals surface area contributed by atoms with Crippen LogP contribution >= 0.6 is 11.3 Å². The number of carbonyl (C=O) groups is 2. The number of aryl methyl sites for hydroxylation is 1. The summed E-state index contributed by atoms with van der Waals surface area (Å²) in [6.45, 7) is 2.11. The van der Waals surface area contributed by atoms with Crippen LogP contribution in [-0.2, 0) is 17.6 Å². The molecule has 1 heterocycles. The molecule has 1 aliphatic rings. The van der Waals surface area contributed by atoms with Gasteiger partial charge in [-0.2, -0.15) is 0 Å². The Bertz CT molecular complexity index is 795. The molecule has 1 aromatic carbocycles. The van der Waals surface area contributed by atoms with Gasteiger partial charge in [-0.1, -0.05) is 6.42 Å². The number of rotatable bonds is 5. The van der Waals surface area contributed by atoms with Crippen LogP contribution in [0.1, 0.15) is 57.3 Å². The van der Waals surface area contributed by atoms with Gasteiger partial charge in [-0.25, -0.2) is 4.79 Å². The van der Waals surface area contributed by atoms with Crippen LogP contribution in [-0.4, -0.2) is 25.6 Å². The molecule has 1 aliphatic carbocycles. The number of anilines is 1. The van der Waals surface area contributed by atoms with Crippen LogP contribution in [0.2, 0.25) is 0 Å². The third-order valence-corrected chi connectivity index (χ3v) is 5.69. The van der Waals surface area contributed by atoms with Gasteiger partial charge >= 0.3 is 5.97 Å². The van der Waals surface area contributed by atoms with E-state index in [2.05, 4.69) is 5.32 Å². The maximum atomic E-state index is 12.6. The van der Waals surface area contributed by atoms with Gasteiger partial charge < -0.3 is 14.8 Å². The number of ether oxygens (including phenoxy) is 2. The summed E-state index contributed by atoms with van der Waals surface area (Å²) in [7, 11) is 1.58. The van der Waals surface area contributed by atoms with Gasteiger partial charge in [0.15, 0.2) is 0 Å². The van der Waals surface area contributed by atoms with E-state index in [-0.39, 0.29) is 11.9 Å². The molecule has 1 amide bonds. The summed E-state index contributed by atoms with van der Waals surface area (Å²) < 4.78 is 10.4. The molecule has 0 fully saturated rings.